The Kier molecular flexibility index (Phi) is 4.02. The van der Waals surface area contributed by atoms with Gasteiger partial charge in [-0.1, -0.05) is 18.2 Å². The van der Waals surface area contributed by atoms with Gasteiger partial charge in [-0.05, 0) is 24.4 Å². The Morgan fingerprint density at radius 3 is 2.47 bits per heavy atom. The third kappa shape index (κ3) is 3.16. The van der Waals surface area contributed by atoms with Crippen LogP contribution in [0.5, 0.6) is 0 Å². The molecule has 0 aliphatic heterocycles. The molecule has 0 saturated heterocycles. The minimum atomic E-state index is -2.36. The van der Waals surface area contributed by atoms with Crippen molar-refractivity contribution in [1.29, 1.82) is 0 Å². The number of benzene rings is 1. The molecule has 82 valence electrons. The fourth-order valence-corrected chi connectivity index (χ4v) is 1.43. The zero-order chi connectivity index (χ0) is 11.4. The standard InChI is InChI=1S/C10H11N.H3NO2S/c1-8-7-9-5-3-4-6-10(9)11(8)2;1-4(2)3/h3-7H,1-2H3;1H2,(H,2,3)/p-1. The van der Waals surface area contributed by atoms with Crippen LogP contribution in [0.4, 0.5) is 0 Å². The van der Waals surface area contributed by atoms with Crippen LogP contribution in [0.1, 0.15) is 5.69 Å². The van der Waals surface area contributed by atoms with Gasteiger partial charge in [0.1, 0.15) is 0 Å². The van der Waals surface area contributed by atoms with Gasteiger partial charge in [0, 0.05) is 29.5 Å². The van der Waals surface area contributed by atoms with Crippen LogP contribution in [-0.4, -0.2) is 13.3 Å². The Balaban J connectivity index is 0.000000245. The van der Waals surface area contributed by atoms with Gasteiger partial charge in [0.05, 0.1) is 0 Å². The van der Waals surface area contributed by atoms with E-state index in [4.69, 9.17) is 8.76 Å². The minimum Gasteiger partial charge on any atom is -0.760 e. The summed E-state index contributed by atoms with van der Waals surface area (Å²) in [4.78, 5) is 0. The summed E-state index contributed by atoms with van der Waals surface area (Å²) in [5, 5.41) is 5.35. The van der Waals surface area contributed by atoms with E-state index < -0.39 is 11.3 Å². The van der Waals surface area contributed by atoms with Gasteiger partial charge in [-0.25, -0.2) is 0 Å². The SMILES string of the molecule is Cc1cc2ccccc2n1C.NS(=O)[O-]. The van der Waals surface area contributed by atoms with Gasteiger partial charge in [-0.3, -0.25) is 9.35 Å². The summed E-state index contributed by atoms with van der Waals surface area (Å²) in [6, 6.07) is 10.6. The highest BCUT2D eigenvalue weighted by atomic mass is 32.2. The average Bonchev–Trinajstić information content (AvgIpc) is 2.43. The summed E-state index contributed by atoms with van der Waals surface area (Å²) in [5.41, 5.74) is 2.62. The van der Waals surface area contributed by atoms with Gasteiger partial charge < -0.3 is 9.12 Å². The van der Waals surface area contributed by atoms with Crippen molar-refractivity contribution >= 4 is 22.2 Å². The number of hydrogen-bond donors (Lipinski definition) is 1. The summed E-state index contributed by atoms with van der Waals surface area (Å²) >= 11 is -2.36. The van der Waals surface area contributed by atoms with Crippen molar-refractivity contribution in [2.24, 2.45) is 12.2 Å². The molecule has 1 unspecified atom stereocenters. The van der Waals surface area contributed by atoms with Crippen molar-refractivity contribution in [3.05, 3.63) is 36.0 Å². The molecule has 1 atom stereocenters. The predicted molar refractivity (Wildman–Crippen MR) is 60.8 cm³/mol. The average molecular weight is 225 g/mol. The highest BCUT2D eigenvalue weighted by Gasteiger charge is 1.98. The lowest BCUT2D eigenvalue weighted by Gasteiger charge is -1.96. The van der Waals surface area contributed by atoms with E-state index in [0.29, 0.717) is 0 Å². The molecule has 0 aliphatic carbocycles. The number of rotatable bonds is 0. The van der Waals surface area contributed by atoms with Crippen molar-refractivity contribution in [1.82, 2.24) is 4.57 Å². The molecule has 2 rings (SSSR count). The van der Waals surface area contributed by atoms with E-state index >= 15 is 0 Å². The van der Waals surface area contributed by atoms with Crippen LogP contribution in [-0.2, 0) is 18.3 Å². The van der Waals surface area contributed by atoms with E-state index in [9.17, 15) is 0 Å². The molecule has 0 spiro atoms. The highest BCUT2D eigenvalue weighted by molar-refractivity contribution is 7.76. The van der Waals surface area contributed by atoms with Gasteiger partial charge in [0.2, 0.25) is 0 Å². The summed E-state index contributed by atoms with van der Waals surface area (Å²) in [7, 11) is 2.09. The maximum Gasteiger partial charge on any atom is 0.0479 e. The number of para-hydroxylation sites is 1. The number of fused-ring (bicyclic) bond motifs is 1. The molecule has 4 nitrogen and oxygen atoms in total. The van der Waals surface area contributed by atoms with Crippen LogP contribution in [0.25, 0.3) is 10.9 Å². The first-order valence-electron chi connectivity index (χ1n) is 4.37. The first-order chi connectivity index (χ1) is 7.02. The molecule has 2 N–H and O–H groups in total. The van der Waals surface area contributed by atoms with Gasteiger partial charge in [-0.2, -0.15) is 0 Å². The summed E-state index contributed by atoms with van der Waals surface area (Å²) < 4.78 is 19.8. The topological polar surface area (TPSA) is 71.1 Å². The number of aryl methyl sites for hydroxylation is 2. The second-order valence-electron chi connectivity index (χ2n) is 3.16. The molecule has 15 heavy (non-hydrogen) atoms. The predicted octanol–water partition coefficient (Wildman–Crippen LogP) is 1.23. The molecule has 0 bridgehead atoms. The Morgan fingerprint density at radius 2 is 1.93 bits per heavy atom. The zero-order valence-corrected chi connectivity index (χ0v) is 9.45. The molecular formula is C10H13N2O2S-. The molecule has 0 radical (unpaired) electrons. The summed E-state index contributed by atoms with van der Waals surface area (Å²) in [5.74, 6) is 0. The number of nitrogens with zero attached hydrogens (tertiary/aromatic N) is 1. The van der Waals surface area contributed by atoms with Crippen LogP contribution in [0.2, 0.25) is 0 Å². The Labute approximate surface area is 91.1 Å². The second-order valence-corrected chi connectivity index (χ2v) is 3.69. The molecule has 0 saturated carbocycles. The molecule has 0 aliphatic rings. The zero-order valence-electron chi connectivity index (χ0n) is 8.64. The lowest BCUT2D eigenvalue weighted by atomic mass is 10.2. The molecule has 5 heteroatoms. The van der Waals surface area contributed by atoms with Crippen LogP contribution < -0.4 is 5.14 Å². The quantitative estimate of drug-likeness (QED) is 0.685. The monoisotopic (exact) mass is 225 g/mol. The highest BCUT2D eigenvalue weighted by Crippen LogP contribution is 2.16. The van der Waals surface area contributed by atoms with Crippen LogP contribution >= 0.6 is 0 Å². The third-order valence-electron chi connectivity index (χ3n) is 2.19. The maximum absolute atomic E-state index is 8.78. The summed E-state index contributed by atoms with van der Waals surface area (Å²) in [6.45, 7) is 2.12. The molecular weight excluding hydrogens is 212 g/mol. The molecule has 1 aromatic heterocycles. The van der Waals surface area contributed by atoms with E-state index in [1.807, 2.05) is 0 Å². The van der Waals surface area contributed by atoms with Crippen molar-refractivity contribution in [3.8, 4) is 0 Å². The van der Waals surface area contributed by atoms with E-state index in [0.717, 1.165) is 0 Å². The van der Waals surface area contributed by atoms with Crippen molar-refractivity contribution in [2.75, 3.05) is 0 Å². The normalized spacial score (nSPS) is 12.0. The van der Waals surface area contributed by atoms with E-state index in [1.54, 1.807) is 0 Å². The number of nitrogens with two attached hydrogens (primary N) is 1. The Bertz CT molecular complexity index is 475. The molecule has 1 aromatic carbocycles. The fraction of sp³-hybridized carbons (Fsp3) is 0.200. The second kappa shape index (κ2) is 5.06. The van der Waals surface area contributed by atoms with E-state index in [-0.39, 0.29) is 0 Å². The van der Waals surface area contributed by atoms with Gasteiger partial charge >= 0.3 is 0 Å². The lowest BCUT2D eigenvalue weighted by Crippen LogP contribution is -1.97. The molecule has 1 heterocycles. The Hall–Kier alpha value is -1.17. The Morgan fingerprint density at radius 1 is 1.40 bits per heavy atom. The fourth-order valence-electron chi connectivity index (χ4n) is 1.43. The maximum atomic E-state index is 8.78. The van der Waals surface area contributed by atoms with E-state index in [1.165, 1.54) is 16.6 Å². The van der Waals surface area contributed by atoms with Crippen LogP contribution in [0.15, 0.2) is 30.3 Å². The number of aromatic nitrogens is 1. The molecule has 0 fully saturated rings. The van der Waals surface area contributed by atoms with Crippen LogP contribution in [0, 0.1) is 6.92 Å². The first kappa shape index (κ1) is 11.9. The van der Waals surface area contributed by atoms with Crippen molar-refractivity contribution < 1.29 is 8.76 Å². The lowest BCUT2D eigenvalue weighted by molar-refractivity contribution is 0.539. The van der Waals surface area contributed by atoms with Crippen molar-refractivity contribution in [2.45, 2.75) is 6.92 Å². The van der Waals surface area contributed by atoms with E-state index in [2.05, 4.69) is 54.0 Å². The van der Waals surface area contributed by atoms with Gasteiger partial charge in [0.25, 0.3) is 0 Å². The van der Waals surface area contributed by atoms with Gasteiger partial charge in [-0.15, -0.1) is 0 Å². The molecule has 0 amide bonds. The van der Waals surface area contributed by atoms with Crippen LogP contribution in [0.3, 0.4) is 0 Å². The summed E-state index contributed by atoms with van der Waals surface area (Å²) in [6.07, 6.45) is 0. The smallest absolute Gasteiger partial charge is 0.0479 e. The van der Waals surface area contributed by atoms with Gasteiger partial charge in [0.15, 0.2) is 0 Å². The first-order valence-corrected chi connectivity index (χ1v) is 5.51. The largest absolute Gasteiger partial charge is 0.760 e. The van der Waals surface area contributed by atoms with Crippen molar-refractivity contribution in [3.63, 3.8) is 0 Å². The third-order valence-corrected chi connectivity index (χ3v) is 2.19. The molecule has 2 aromatic rings. The number of hydrogen-bond acceptors (Lipinski definition) is 2. The minimum absolute atomic E-state index is 1.31.